The Kier molecular flexibility index (Phi) is 2.88. The standard InChI is InChI=1S/C12H13ClN2O/c1-7(2)15-12(16)10-6-14-11-4-3-8(13)5-9(10)11/h3-7,14H,1-2H3,(H,15,16). The molecule has 0 saturated heterocycles. The predicted molar refractivity (Wildman–Crippen MR) is 65.9 cm³/mol. The number of nitrogens with one attached hydrogen (secondary N) is 2. The lowest BCUT2D eigenvalue weighted by Gasteiger charge is -2.07. The maximum atomic E-state index is 11.9. The van der Waals surface area contributed by atoms with Crippen LogP contribution < -0.4 is 5.32 Å². The topological polar surface area (TPSA) is 44.9 Å². The third kappa shape index (κ3) is 2.04. The summed E-state index contributed by atoms with van der Waals surface area (Å²) in [6.07, 6.45) is 1.71. The summed E-state index contributed by atoms with van der Waals surface area (Å²) in [6, 6.07) is 5.58. The first-order chi connectivity index (χ1) is 7.58. The number of hydrogen-bond donors (Lipinski definition) is 2. The van der Waals surface area contributed by atoms with E-state index in [1.807, 2.05) is 19.9 Å². The van der Waals surface area contributed by atoms with E-state index < -0.39 is 0 Å². The predicted octanol–water partition coefficient (Wildman–Crippen LogP) is 2.96. The van der Waals surface area contributed by atoms with Crippen molar-refractivity contribution in [1.29, 1.82) is 0 Å². The molecule has 0 atom stereocenters. The zero-order valence-electron chi connectivity index (χ0n) is 9.17. The number of aromatic nitrogens is 1. The van der Waals surface area contributed by atoms with Gasteiger partial charge in [-0.3, -0.25) is 4.79 Å². The summed E-state index contributed by atoms with van der Waals surface area (Å²) in [5.41, 5.74) is 1.55. The van der Waals surface area contributed by atoms with Crippen LogP contribution in [-0.2, 0) is 0 Å². The molecule has 0 radical (unpaired) electrons. The van der Waals surface area contributed by atoms with Crippen LogP contribution in [-0.4, -0.2) is 16.9 Å². The van der Waals surface area contributed by atoms with E-state index in [9.17, 15) is 4.79 Å². The van der Waals surface area contributed by atoms with Gasteiger partial charge in [-0.05, 0) is 32.0 Å². The minimum absolute atomic E-state index is 0.0801. The fourth-order valence-corrected chi connectivity index (χ4v) is 1.79. The van der Waals surface area contributed by atoms with Crippen molar-refractivity contribution in [2.45, 2.75) is 19.9 Å². The van der Waals surface area contributed by atoms with Crippen molar-refractivity contribution in [2.75, 3.05) is 0 Å². The molecule has 16 heavy (non-hydrogen) atoms. The van der Waals surface area contributed by atoms with Crippen molar-refractivity contribution in [3.8, 4) is 0 Å². The van der Waals surface area contributed by atoms with Crippen LogP contribution in [0, 0.1) is 0 Å². The number of aromatic amines is 1. The van der Waals surface area contributed by atoms with Gasteiger partial charge in [-0.1, -0.05) is 11.6 Å². The summed E-state index contributed by atoms with van der Waals surface area (Å²) in [5.74, 6) is -0.0801. The molecule has 1 amide bonds. The van der Waals surface area contributed by atoms with E-state index in [0.717, 1.165) is 10.9 Å². The van der Waals surface area contributed by atoms with Crippen LogP contribution in [0.5, 0.6) is 0 Å². The summed E-state index contributed by atoms with van der Waals surface area (Å²) < 4.78 is 0. The Morgan fingerprint density at radius 2 is 2.19 bits per heavy atom. The van der Waals surface area contributed by atoms with Crippen LogP contribution in [0.3, 0.4) is 0 Å². The van der Waals surface area contributed by atoms with Crippen LogP contribution in [0.25, 0.3) is 10.9 Å². The molecule has 1 heterocycles. The largest absolute Gasteiger partial charge is 0.360 e. The van der Waals surface area contributed by atoms with Gasteiger partial charge in [0.1, 0.15) is 0 Å². The van der Waals surface area contributed by atoms with Crippen LogP contribution in [0.15, 0.2) is 24.4 Å². The van der Waals surface area contributed by atoms with Gasteiger partial charge in [-0.2, -0.15) is 0 Å². The molecule has 84 valence electrons. The molecule has 2 aromatic rings. The number of rotatable bonds is 2. The lowest BCUT2D eigenvalue weighted by Crippen LogP contribution is -2.29. The first-order valence-electron chi connectivity index (χ1n) is 5.15. The molecule has 1 aromatic heterocycles. The number of H-pyrrole nitrogens is 1. The van der Waals surface area contributed by atoms with E-state index in [1.165, 1.54) is 0 Å². The molecular formula is C12H13ClN2O. The quantitative estimate of drug-likeness (QED) is 0.827. The first-order valence-corrected chi connectivity index (χ1v) is 5.53. The second-order valence-electron chi connectivity index (χ2n) is 4.02. The van der Waals surface area contributed by atoms with Gasteiger partial charge in [0.05, 0.1) is 5.56 Å². The third-order valence-electron chi connectivity index (χ3n) is 2.31. The van der Waals surface area contributed by atoms with Crippen molar-refractivity contribution >= 4 is 28.4 Å². The van der Waals surface area contributed by atoms with Gasteiger partial charge in [0.25, 0.3) is 5.91 Å². The third-order valence-corrected chi connectivity index (χ3v) is 2.54. The Balaban J connectivity index is 2.44. The Morgan fingerprint density at radius 3 is 2.88 bits per heavy atom. The Labute approximate surface area is 98.8 Å². The van der Waals surface area contributed by atoms with E-state index in [0.29, 0.717) is 10.6 Å². The fraction of sp³-hybridized carbons (Fsp3) is 0.250. The van der Waals surface area contributed by atoms with Crippen molar-refractivity contribution < 1.29 is 4.79 Å². The van der Waals surface area contributed by atoms with Gasteiger partial charge in [-0.25, -0.2) is 0 Å². The van der Waals surface area contributed by atoms with Gasteiger partial charge < -0.3 is 10.3 Å². The molecule has 0 unspecified atom stereocenters. The van der Waals surface area contributed by atoms with Gasteiger partial charge in [0, 0.05) is 28.2 Å². The molecule has 3 nitrogen and oxygen atoms in total. The highest BCUT2D eigenvalue weighted by Crippen LogP contribution is 2.22. The number of carbonyl (C=O) groups is 1. The number of amides is 1. The number of halogens is 1. The Bertz CT molecular complexity index is 531. The van der Waals surface area contributed by atoms with E-state index in [-0.39, 0.29) is 11.9 Å². The maximum absolute atomic E-state index is 11.9. The van der Waals surface area contributed by atoms with Crippen LogP contribution in [0.2, 0.25) is 5.02 Å². The maximum Gasteiger partial charge on any atom is 0.253 e. The summed E-state index contributed by atoms with van der Waals surface area (Å²) in [6.45, 7) is 3.86. The number of hydrogen-bond acceptors (Lipinski definition) is 1. The number of benzene rings is 1. The average Bonchev–Trinajstić information content (AvgIpc) is 2.59. The molecule has 0 spiro atoms. The van der Waals surface area contributed by atoms with Crippen molar-refractivity contribution in [2.24, 2.45) is 0 Å². The van der Waals surface area contributed by atoms with E-state index >= 15 is 0 Å². The van der Waals surface area contributed by atoms with E-state index in [1.54, 1.807) is 18.3 Å². The molecule has 0 bridgehead atoms. The molecule has 0 saturated carbocycles. The van der Waals surface area contributed by atoms with Crippen molar-refractivity contribution in [1.82, 2.24) is 10.3 Å². The average molecular weight is 237 g/mol. The van der Waals surface area contributed by atoms with E-state index in [2.05, 4.69) is 10.3 Å². The van der Waals surface area contributed by atoms with Gasteiger partial charge in [0.2, 0.25) is 0 Å². The fourth-order valence-electron chi connectivity index (χ4n) is 1.62. The smallest absolute Gasteiger partial charge is 0.253 e. The van der Waals surface area contributed by atoms with Gasteiger partial charge >= 0.3 is 0 Å². The first kappa shape index (κ1) is 11.0. The summed E-state index contributed by atoms with van der Waals surface area (Å²) in [5, 5.41) is 4.34. The van der Waals surface area contributed by atoms with Crippen LogP contribution in [0.4, 0.5) is 0 Å². The monoisotopic (exact) mass is 236 g/mol. The molecule has 2 N–H and O–H groups in total. The molecule has 2 rings (SSSR count). The molecular weight excluding hydrogens is 224 g/mol. The Hall–Kier alpha value is -1.48. The van der Waals surface area contributed by atoms with E-state index in [4.69, 9.17) is 11.6 Å². The lowest BCUT2D eigenvalue weighted by molar-refractivity contribution is 0.0945. The summed E-state index contributed by atoms with van der Waals surface area (Å²) in [7, 11) is 0. The lowest BCUT2D eigenvalue weighted by atomic mass is 10.1. The highest BCUT2D eigenvalue weighted by Gasteiger charge is 2.12. The van der Waals surface area contributed by atoms with Crippen LogP contribution >= 0.6 is 11.6 Å². The minimum Gasteiger partial charge on any atom is -0.360 e. The zero-order chi connectivity index (χ0) is 11.7. The SMILES string of the molecule is CC(C)NC(=O)c1c[nH]c2ccc(Cl)cc12. The summed E-state index contributed by atoms with van der Waals surface area (Å²) in [4.78, 5) is 14.9. The molecule has 4 heteroatoms. The van der Waals surface area contributed by atoms with Gasteiger partial charge in [0.15, 0.2) is 0 Å². The number of carbonyl (C=O) groups excluding carboxylic acids is 1. The zero-order valence-corrected chi connectivity index (χ0v) is 9.93. The van der Waals surface area contributed by atoms with Crippen molar-refractivity contribution in [3.63, 3.8) is 0 Å². The van der Waals surface area contributed by atoms with Crippen molar-refractivity contribution in [3.05, 3.63) is 35.0 Å². The second-order valence-corrected chi connectivity index (χ2v) is 4.46. The highest BCUT2D eigenvalue weighted by molar-refractivity contribution is 6.31. The van der Waals surface area contributed by atoms with Crippen LogP contribution in [0.1, 0.15) is 24.2 Å². The highest BCUT2D eigenvalue weighted by atomic mass is 35.5. The Morgan fingerprint density at radius 1 is 1.44 bits per heavy atom. The van der Waals surface area contributed by atoms with Gasteiger partial charge in [-0.15, -0.1) is 0 Å². The number of fused-ring (bicyclic) bond motifs is 1. The normalized spacial score (nSPS) is 11.0. The molecule has 0 aliphatic rings. The minimum atomic E-state index is -0.0801. The molecule has 0 aliphatic heterocycles. The molecule has 0 aliphatic carbocycles. The molecule has 0 fully saturated rings. The molecule has 1 aromatic carbocycles. The summed E-state index contributed by atoms with van der Waals surface area (Å²) >= 11 is 5.91. The second kappa shape index (κ2) is 4.18.